The molecule has 4 nitrogen and oxygen atoms in total. The highest BCUT2D eigenvalue weighted by molar-refractivity contribution is 5.92. The van der Waals surface area contributed by atoms with Gasteiger partial charge in [0.1, 0.15) is 0 Å². The minimum Gasteiger partial charge on any atom is -0.372 e. The highest BCUT2D eigenvalue weighted by atomic mass is 16.1. The first-order valence-corrected chi connectivity index (χ1v) is 7.58. The van der Waals surface area contributed by atoms with Crippen molar-refractivity contribution in [2.75, 3.05) is 36.4 Å². The second-order valence-corrected chi connectivity index (χ2v) is 5.97. The summed E-state index contributed by atoms with van der Waals surface area (Å²) in [4.78, 5) is 14.4. The number of carbonyl (C=O) groups excluding carboxylic acids is 1. The molecule has 3 rings (SSSR count). The van der Waals surface area contributed by atoms with E-state index in [0.29, 0.717) is 12.3 Å². The number of hydrogen-bond acceptors (Lipinski definition) is 3. The molecule has 0 unspecified atom stereocenters. The van der Waals surface area contributed by atoms with Gasteiger partial charge in [-0.3, -0.25) is 4.79 Å². The molecule has 0 radical (unpaired) electrons. The molecule has 2 aliphatic rings. The molecule has 2 saturated heterocycles. The van der Waals surface area contributed by atoms with Gasteiger partial charge in [0.05, 0.1) is 0 Å². The Bertz CT molecular complexity index is 490. The van der Waals surface area contributed by atoms with Gasteiger partial charge in [-0.2, -0.15) is 0 Å². The number of nitrogens with zero attached hydrogens (tertiary/aromatic N) is 1. The first-order chi connectivity index (χ1) is 9.72. The average molecular weight is 273 g/mol. The van der Waals surface area contributed by atoms with Gasteiger partial charge >= 0.3 is 0 Å². The van der Waals surface area contributed by atoms with Gasteiger partial charge in [-0.05, 0) is 62.5 Å². The SMILES string of the molecule is Cc1cc(N2CCCC2)ccc1NC(=O)CC1CNC1. The van der Waals surface area contributed by atoms with Crippen molar-refractivity contribution in [3.8, 4) is 0 Å². The molecular weight excluding hydrogens is 250 g/mol. The van der Waals surface area contributed by atoms with Gasteiger partial charge in [0.15, 0.2) is 0 Å². The molecule has 108 valence electrons. The molecule has 1 aromatic rings. The monoisotopic (exact) mass is 273 g/mol. The van der Waals surface area contributed by atoms with Crippen LogP contribution in [0.2, 0.25) is 0 Å². The van der Waals surface area contributed by atoms with Crippen molar-refractivity contribution >= 4 is 17.3 Å². The van der Waals surface area contributed by atoms with Gasteiger partial charge in [0, 0.05) is 30.9 Å². The minimum absolute atomic E-state index is 0.133. The maximum atomic E-state index is 12.0. The van der Waals surface area contributed by atoms with Crippen LogP contribution in [0.5, 0.6) is 0 Å². The topological polar surface area (TPSA) is 44.4 Å². The molecule has 2 aliphatic heterocycles. The van der Waals surface area contributed by atoms with Crippen LogP contribution in [0, 0.1) is 12.8 Å². The molecule has 0 aromatic heterocycles. The van der Waals surface area contributed by atoms with Crippen molar-refractivity contribution < 1.29 is 4.79 Å². The van der Waals surface area contributed by atoms with Gasteiger partial charge in [0.2, 0.25) is 5.91 Å². The molecular formula is C16H23N3O. The minimum atomic E-state index is 0.133. The van der Waals surface area contributed by atoms with Crippen LogP contribution >= 0.6 is 0 Å². The maximum absolute atomic E-state index is 12.0. The lowest BCUT2D eigenvalue weighted by molar-refractivity contribution is -0.117. The van der Waals surface area contributed by atoms with Crippen molar-refractivity contribution in [3.63, 3.8) is 0 Å². The van der Waals surface area contributed by atoms with E-state index in [9.17, 15) is 4.79 Å². The lowest BCUT2D eigenvalue weighted by Crippen LogP contribution is -2.43. The number of hydrogen-bond donors (Lipinski definition) is 2. The molecule has 2 fully saturated rings. The van der Waals surface area contributed by atoms with Crippen LogP contribution in [0.3, 0.4) is 0 Å². The predicted octanol–water partition coefficient (Wildman–Crippen LogP) is 2.14. The van der Waals surface area contributed by atoms with E-state index in [4.69, 9.17) is 0 Å². The lowest BCUT2D eigenvalue weighted by Gasteiger charge is -2.26. The van der Waals surface area contributed by atoms with Gasteiger partial charge in [-0.15, -0.1) is 0 Å². The zero-order chi connectivity index (χ0) is 13.9. The number of rotatable bonds is 4. The molecule has 20 heavy (non-hydrogen) atoms. The smallest absolute Gasteiger partial charge is 0.224 e. The fourth-order valence-electron chi connectivity index (χ4n) is 2.92. The highest BCUT2D eigenvalue weighted by Crippen LogP contribution is 2.25. The average Bonchev–Trinajstić information content (AvgIpc) is 2.90. The van der Waals surface area contributed by atoms with Crippen LogP contribution in [0.25, 0.3) is 0 Å². The summed E-state index contributed by atoms with van der Waals surface area (Å²) in [7, 11) is 0. The molecule has 1 amide bonds. The molecule has 2 heterocycles. The van der Waals surface area contributed by atoms with Crippen LogP contribution in [0.4, 0.5) is 11.4 Å². The summed E-state index contributed by atoms with van der Waals surface area (Å²) in [6, 6.07) is 6.35. The summed E-state index contributed by atoms with van der Waals surface area (Å²) in [5.74, 6) is 0.646. The van der Waals surface area contributed by atoms with Crippen LogP contribution in [-0.4, -0.2) is 32.1 Å². The van der Waals surface area contributed by atoms with Crippen molar-refractivity contribution in [2.24, 2.45) is 5.92 Å². The molecule has 0 atom stereocenters. The third-order valence-electron chi connectivity index (χ3n) is 4.30. The van der Waals surface area contributed by atoms with Crippen molar-refractivity contribution in [2.45, 2.75) is 26.2 Å². The number of amides is 1. The number of carbonyl (C=O) groups is 1. The molecule has 4 heteroatoms. The highest BCUT2D eigenvalue weighted by Gasteiger charge is 2.20. The molecule has 0 aliphatic carbocycles. The van der Waals surface area contributed by atoms with E-state index in [0.717, 1.165) is 37.4 Å². The first-order valence-electron chi connectivity index (χ1n) is 7.58. The molecule has 0 spiro atoms. The number of benzene rings is 1. The molecule has 1 aromatic carbocycles. The van der Waals surface area contributed by atoms with E-state index in [2.05, 4.69) is 34.6 Å². The summed E-state index contributed by atoms with van der Waals surface area (Å²) < 4.78 is 0. The fourth-order valence-corrected chi connectivity index (χ4v) is 2.92. The molecule has 0 bridgehead atoms. The second kappa shape index (κ2) is 5.83. The second-order valence-electron chi connectivity index (χ2n) is 5.97. The maximum Gasteiger partial charge on any atom is 0.224 e. The van der Waals surface area contributed by atoms with Crippen molar-refractivity contribution in [3.05, 3.63) is 23.8 Å². The summed E-state index contributed by atoms with van der Waals surface area (Å²) in [6.07, 6.45) is 3.19. The Morgan fingerprint density at radius 2 is 2.10 bits per heavy atom. The van der Waals surface area contributed by atoms with Crippen LogP contribution in [-0.2, 0) is 4.79 Å². The van der Waals surface area contributed by atoms with Crippen molar-refractivity contribution in [1.29, 1.82) is 0 Å². The van der Waals surface area contributed by atoms with Crippen LogP contribution in [0.1, 0.15) is 24.8 Å². The Balaban J connectivity index is 1.62. The standard InChI is InChI=1S/C16H23N3O/c1-12-8-14(19-6-2-3-7-19)4-5-15(12)18-16(20)9-13-10-17-11-13/h4-5,8,13,17H,2-3,6-7,9-11H2,1H3,(H,18,20). The Kier molecular flexibility index (Phi) is 3.92. The van der Waals surface area contributed by atoms with Crippen LogP contribution < -0.4 is 15.5 Å². The lowest BCUT2D eigenvalue weighted by atomic mass is 9.99. The third kappa shape index (κ3) is 2.96. The van der Waals surface area contributed by atoms with E-state index in [-0.39, 0.29) is 5.91 Å². The summed E-state index contributed by atoms with van der Waals surface area (Å²) in [6.45, 7) is 6.32. The van der Waals surface area contributed by atoms with Gasteiger partial charge in [-0.1, -0.05) is 0 Å². The summed E-state index contributed by atoms with van der Waals surface area (Å²) >= 11 is 0. The van der Waals surface area contributed by atoms with E-state index in [1.807, 2.05) is 6.07 Å². The Morgan fingerprint density at radius 1 is 1.35 bits per heavy atom. The van der Waals surface area contributed by atoms with E-state index < -0.39 is 0 Å². The Hall–Kier alpha value is -1.55. The van der Waals surface area contributed by atoms with Gasteiger partial charge in [0.25, 0.3) is 0 Å². The normalized spacial score (nSPS) is 18.9. The zero-order valence-electron chi connectivity index (χ0n) is 12.1. The Labute approximate surface area is 120 Å². The fraction of sp³-hybridized carbons (Fsp3) is 0.562. The predicted molar refractivity (Wildman–Crippen MR) is 82.2 cm³/mol. The summed E-state index contributed by atoms with van der Waals surface area (Å²) in [5.41, 5.74) is 3.38. The van der Waals surface area contributed by atoms with Crippen LogP contribution in [0.15, 0.2) is 18.2 Å². The number of anilines is 2. The quantitative estimate of drug-likeness (QED) is 0.883. The van der Waals surface area contributed by atoms with Gasteiger partial charge in [-0.25, -0.2) is 0 Å². The molecule has 0 saturated carbocycles. The number of nitrogens with one attached hydrogen (secondary N) is 2. The third-order valence-corrected chi connectivity index (χ3v) is 4.30. The molecule has 2 N–H and O–H groups in total. The van der Waals surface area contributed by atoms with E-state index in [1.54, 1.807) is 0 Å². The van der Waals surface area contributed by atoms with E-state index >= 15 is 0 Å². The van der Waals surface area contributed by atoms with Crippen molar-refractivity contribution in [1.82, 2.24) is 5.32 Å². The first kappa shape index (κ1) is 13.4. The van der Waals surface area contributed by atoms with Gasteiger partial charge < -0.3 is 15.5 Å². The Morgan fingerprint density at radius 3 is 2.70 bits per heavy atom. The number of aryl methyl sites for hydroxylation is 1. The zero-order valence-corrected chi connectivity index (χ0v) is 12.1. The van der Waals surface area contributed by atoms with E-state index in [1.165, 1.54) is 18.5 Å². The largest absolute Gasteiger partial charge is 0.372 e. The summed E-state index contributed by atoms with van der Waals surface area (Å²) in [5, 5.41) is 6.24.